The van der Waals surface area contributed by atoms with Gasteiger partial charge in [-0.2, -0.15) is 0 Å². The lowest BCUT2D eigenvalue weighted by Gasteiger charge is -2.38. The Morgan fingerprint density at radius 2 is 2.19 bits per heavy atom. The summed E-state index contributed by atoms with van der Waals surface area (Å²) in [6.07, 6.45) is 2.94. The van der Waals surface area contributed by atoms with Crippen molar-refractivity contribution >= 4 is 5.97 Å². The van der Waals surface area contributed by atoms with Gasteiger partial charge >= 0.3 is 5.97 Å². The number of hydrogen-bond donors (Lipinski definition) is 2. The largest absolute Gasteiger partial charge is 0.480 e. The van der Waals surface area contributed by atoms with Gasteiger partial charge < -0.3 is 10.2 Å². The van der Waals surface area contributed by atoms with Crippen molar-refractivity contribution in [3.63, 3.8) is 0 Å². The molecule has 3 unspecified atom stereocenters. The summed E-state index contributed by atoms with van der Waals surface area (Å²) < 4.78 is 0. The number of aliphatic carboxylic acids is 1. The molecule has 0 bridgehead atoms. The molecular formula is C12H23NO3. The monoisotopic (exact) mass is 229 g/mol. The summed E-state index contributed by atoms with van der Waals surface area (Å²) in [5, 5.41) is 18.9. The van der Waals surface area contributed by atoms with E-state index in [1.807, 2.05) is 18.7 Å². The number of carboxylic acids is 1. The standard InChI is InChI=1S/C12H23NO3/c1-3-5-10(12(15)16)13-7-6-11(14)9(4-2)8-13/h9-11,14H,3-8H2,1-2H3,(H,15,16). The highest BCUT2D eigenvalue weighted by Crippen LogP contribution is 2.23. The summed E-state index contributed by atoms with van der Waals surface area (Å²) in [5.41, 5.74) is 0. The van der Waals surface area contributed by atoms with Crippen LogP contribution in [0.1, 0.15) is 39.5 Å². The highest BCUT2D eigenvalue weighted by atomic mass is 16.4. The average Bonchev–Trinajstić information content (AvgIpc) is 2.26. The first-order chi connectivity index (χ1) is 7.60. The molecule has 0 radical (unpaired) electrons. The number of hydrogen-bond acceptors (Lipinski definition) is 3. The van der Waals surface area contributed by atoms with Gasteiger partial charge in [-0.15, -0.1) is 0 Å². The average molecular weight is 229 g/mol. The van der Waals surface area contributed by atoms with Crippen LogP contribution in [-0.2, 0) is 4.79 Å². The third-order valence-corrected chi connectivity index (χ3v) is 3.54. The van der Waals surface area contributed by atoms with Gasteiger partial charge in [-0.05, 0) is 25.2 Å². The van der Waals surface area contributed by atoms with Crippen LogP contribution in [0, 0.1) is 5.92 Å². The van der Waals surface area contributed by atoms with Crippen LogP contribution in [0.15, 0.2) is 0 Å². The molecule has 0 saturated carbocycles. The lowest BCUT2D eigenvalue weighted by Crippen LogP contribution is -2.50. The van der Waals surface area contributed by atoms with E-state index in [1.54, 1.807) is 0 Å². The topological polar surface area (TPSA) is 60.8 Å². The number of aliphatic hydroxyl groups is 1. The number of carbonyl (C=O) groups is 1. The van der Waals surface area contributed by atoms with E-state index in [-0.39, 0.29) is 18.1 Å². The Hall–Kier alpha value is -0.610. The van der Waals surface area contributed by atoms with Crippen LogP contribution >= 0.6 is 0 Å². The molecule has 0 amide bonds. The minimum Gasteiger partial charge on any atom is -0.480 e. The molecule has 1 fully saturated rings. The van der Waals surface area contributed by atoms with Crippen molar-refractivity contribution in [1.82, 2.24) is 4.90 Å². The molecule has 0 aromatic carbocycles. The quantitative estimate of drug-likeness (QED) is 0.746. The summed E-state index contributed by atoms with van der Waals surface area (Å²) in [6.45, 7) is 5.47. The van der Waals surface area contributed by atoms with E-state index in [4.69, 9.17) is 0 Å². The third-order valence-electron chi connectivity index (χ3n) is 3.54. The summed E-state index contributed by atoms with van der Waals surface area (Å²) in [5.74, 6) is -0.499. The minimum atomic E-state index is -0.729. The molecule has 3 atom stereocenters. The van der Waals surface area contributed by atoms with Crippen LogP contribution in [0.25, 0.3) is 0 Å². The second kappa shape index (κ2) is 6.21. The van der Waals surface area contributed by atoms with Crippen LogP contribution in [-0.4, -0.2) is 46.3 Å². The van der Waals surface area contributed by atoms with Gasteiger partial charge in [0.2, 0.25) is 0 Å². The van der Waals surface area contributed by atoms with Crippen LogP contribution in [0.2, 0.25) is 0 Å². The molecule has 0 aromatic heterocycles. The van der Waals surface area contributed by atoms with E-state index in [1.165, 1.54) is 0 Å². The Balaban J connectivity index is 2.61. The molecule has 1 rings (SSSR count). The lowest BCUT2D eigenvalue weighted by molar-refractivity contribution is -0.145. The predicted octanol–water partition coefficient (Wildman–Crippen LogP) is 1.33. The Labute approximate surface area is 97.3 Å². The Morgan fingerprint density at radius 3 is 2.69 bits per heavy atom. The lowest BCUT2D eigenvalue weighted by atomic mass is 9.91. The summed E-state index contributed by atoms with van der Waals surface area (Å²) in [7, 11) is 0. The van der Waals surface area contributed by atoms with Crippen LogP contribution in [0.3, 0.4) is 0 Å². The highest BCUT2D eigenvalue weighted by Gasteiger charge is 2.32. The van der Waals surface area contributed by atoms with E-state index in [9.17, 15) is 15.0 Å². The van der Waals surface area contributed by atoms with E-state index in [2.05, 4.69) is 0 Å². The smallest absolute Gasteiger partial charge is 0.320 e. The SMILES string of the molecule is CCCC(C(=O)O)N1CCC(O)C(CC)C1. The summed E-state index contributed by atoms with van der Waals surface area (Å²) in [6, 6.07) is -0.369. The van der Waals surface area contributed by atoms with E-state index in [0.717, 1.165) is 12.8 Å². The molecule has 0 aliphatic carbocycles. The van der Waals surface area contributed by atoms with Gasteiger partial charge in [0.25, 0.3) is 0 Å². The van der Waals surface area contributed by atoms with Crippen molar-refractivity contribution in [2.45, 2.75) is 51.7 Å². The zero-order valence-corrected chi connectivity index (χ0v) is 10.2. The molecule has 0 spiro atoms. The first-order valence-electron chi connectivity index (χ1n) is 6.25. The maximum Gasteiger partial charge on any atom is 0.320 e. The van der Waals surface area contributed by atoms with Gasteiger partial charge in [0.05, 0.1) is 6.10 Å². The number of rotatable bonds is 5. The van der Waals surface area contributed by atoms with Gasteiger partial charge in [0.1, 0.15) is 6.04 Å². The predicted molar refractivity (Wildman–Crippen MR) is 62.3 cm³/mol. The van der Waals surface area contributed by atoms with E-state index in [0.29, 0.717) is 25.9 Å². The fourth-order valence-electron chi connectivity index (χ4n) is 2.47. The normalized spacial score (nSPS) is 28.9. The number of nitrogens with zero attached hydrogens (tertiary/aromatic N) is 1. The fourth-order valence-corrected chi connectivity index (χ4v) is 2.47. The van der Waals surface area contributed by atoms with Gasteiger partial charge in [0, 0.05) is 13.1 Å². The van der Waals surface area contributed by atoms with Crippen molar-refractivity contribution in [2.75, 3.05) is 13.1 Å². The molecule has 94 valence electrons. The molecule has 1 saturated heterocycles. The first-order valence-corrected chi connectivity index (χ1v) is 6.25. The van der Waals surface area contributed by atoms with E-state index < -0.39 is 5.97 Å². The zero-order valence-electron chi connectivity index (χ0n) is 10.2. The number of aliphatic hydroxyl groups excluding tert-OH is 1. The van der Waals surface area contributed by atoms with Crippen molar-refractivity contribution < 1.29 is 15.0 Å². The molecule has 16 heavy (non-hydrogen) atoms. The van der Waals surface area contributed by atoms with Gasteiger partial charge in [0.15, 0.2) is 0 Å². The molecule has 4 heteroatoms. The van der Waals surface area contributed by atoms with Crippen LogP contribution < -0.4 is 0 Å². The van der Waals surface area contributed by atoms with Gasteiger partial charge in [-0.3, -0.25) is 9.69 Å². The minimum absolute atomic E-state index is 0.229. The van der Waals surface area contributed by atoms with Crippen LogP contribution in [0.4, 0.5) is 0 Å². The molecular weight excluding hydrogens is 206 g/mol. The summed E-state index contributed by atoms with van der Waals surface area (Å²) in [4.78, 5) is 13.2. The zero-order chi connectivity index (χ0) is 12.1. The van der Waals surface area contributed by atoms with Gasteiger partial charge in [-0.1, -0.05) is 20.3 Å². The second-order valence-corrected chi connectivity index (χ2v) is 4.66. The molecule has 0 aromatic rings. The maximum absolute atomic E-state index is 11.2. The Bertz CT molecular complexity index is 232. The Kier molecular flexibility index (Phi) is 5.22. The molecule has 1 aliphatic heterocycles. The van der Waals surface area contributed by atoms with Crippen molar-refractivity contribution in [2.24, 2.45) is 5.92 Å². The van der Waals surface area contributed by atoms with Gasteiger partial charge in [-0.25, -0.2) is 0 Å². The fraction of sp³-hybridized carbons (Fsp3) is 0.917. The van der Waals surface area contributed by atoms with Crippen molar-refractivity contribution in [1.29, 1.82) is 0 Å². The molecule has 2 N–H and O–H groups in total. The number of piperidine rings is 1. The van der Waals surface area contributed by atoms with E-state index >= 15 is 0 Å². The van der Waals surface area contributed by atoms with Crippen LogP contribution in [0.5, 0.6) is 0 Å². The highest BCUT2D eigenvalue weighted by molar-refractivity contribution is 5.73. The molecule has 1 heterocycles. The molecule has 4 nitrogen and oxygen atoms in total. The molecule has 1 aliphatic rings. The number of likely N-dealkylation sites (tertiary alicyclic amines) is 1. The van der Waals surface area contributed by atoms with Crippen molar-refractivity contribution in [3.8, 4) is 0 Å². The third kappa shape index (κ3) is 3.19. The second-order valence-electron chi connectivity index (χ2n) is 4.66. The maximum atomic E-state index is 11.2. The Morgan fingerprint density at radius 1 is 1.50 bits per heavy atom. The van der Waals surface area contributed by atoms with Crippen molar-refractivity contribution in [3.05, 3.63) is 0 Å². The summed E-state index contributed by atoms with van der Waals surface area (Å²) >= 11 is 0. The number of carboxylic acid groups (broad SMARTS) is 1. The first kappa shape index (κ1) is 13.5.